The minimum absolute atomic E-state index is 0.114. The van der Waals surface area contributed by atoms with E-state index in [-0.39, 0.29) is 5.91 Å². The number of hydrogen-bond acceptors (Lipinski definition) is 2. The van der Waals surface area contributed by atoms with Crippen molar-refractivity contribution in [3.63, 3.8) is 0 Å². The van der Waals surface area contributed by atoms with Crippen molar-refractivity contribution >= 4 is 33.2 Å². The Kier molecular flexibility index (Phi) is 4.45. The normalized spacial score (nSPS) is 10.2. The summed E-state index contributed by atoms with van der Waals surface area (Å²) in [5.41, 5.74) is 3.51. The van der Waals surface area contributed by atoms with Crippen LogP contribution in [-0.2, 0) is 0 Å². The maximum Gasteiger partial charge on any atom is 0.256 e. The molecule has 0 aliphatic rings. The first kappa shape index (κ1) is 14.6. The Morgan fingerprint density at radius 3 is 2.55 bits per heavy atom. The van der Waals surface area contributed by atoms with E-state index in [1.807, 2.05) is 68.4 Å². The lowest BCUT2D eigenvalue weighted by Crippen LogP contribution is -2.14. The topological polar surface area (TPSA) is 32.3 Å². The molecule has 2 aromatic rings. The predicted octanol–water partition coefficient (Wildman–Crippen LogP) is 4.08. The van der Waals surface area contributed by atoms with Gasteiger partial charge in [-0.05, 0) is 52.7 Å². The van der Waals surface area contributed by atoms with E-state index in [4.69, 9.17) is 0 Å². The van der Waals surface area contributed by atoms with Crippen LogP contribution >= 0.6 is 15.9 Å². The van der Waals surface area contributed by atoms with Crippen LogP contribution in [-0.4, -0.2) is 20.0 Å². The van der Waals surface area contributed by atoms with Crippen molar-refractivity contribution in [1.82, 2.24) is 0 Å². The van der Waals surface area contributed by atoms with E-state index in [1.54, 1.807) is 0 Å². The summed E-state index contributed by atoms with van der Waals surface area (Å²) in [5, 5.41) is 2.93. The zero-order valence-corrected chi connectivity index (χ0v) is 13.4. The Morgan fingerprint density at radius 1 is 1.15 bits per heavy atom. The molecule has 1 amide bonds. The van der Waals surface area contributed by atoms with E-state index >= 15 is 0 Å². The van der Waals surface area contributed by atoms with Crippen molar-refractivity contribution in [1.29, 1.82) is 0 Å². The number of nitrogens with zero attached hydrogens (tertiary/aromatic N) is 1. The number of benzene rings is 2. The fourth-order valence-electron chi connectivity index (χ4n) is 1.88. The highest BCUT2D eigenvalue weighted by atomic mass is 79.9. The summed E-state index contributed by atoms with van der Waals surface area (Å²) in [7, 11) is 3.94. The number of carbonyl (C=O) groups excluding carboxylic acids is 1. The lowest BCUT2D eigenvalue weighted by Gasteiger charge is -2.14. The van der Waals surface area contributed by atoms with Gasteiger partial charge in [0.15, 0.2) is 0 Å². The molecule has 2 rings (SSSR count). The standard InChI is InChI=1S/C16H17BrN2O/c1-11-6-4-9-14(15(11)17)16(20)18-12-7-5-8-13(10-12)19(2)3/h4-10H,1-3H3,(H,18,20). The molecule has 0 saturated heterocycles. The molecule has 104 valence electrons. The van der Waals surface area contributed by atoms with Crippen molar-refractivity contribution in [3.05, 3.63) is 58.1 Å². The van der Waals surface area contributed by atoms with Crippen LogP contribution in [0.25, 0.3) is 0 Å². The van der Waals surface area contributed by atoms with Gasteiger partial charge in [-0.15, -0.1) is 0 Å². The molecular formula is C16H17BrN2O. The van der Waals surface area contributed by atoms with Crippen LogP contribution in [0.5, 0.6) is 0 Å². The zero-order valence-electron chi connectivity index (χ0n) is 11.8. The van der Waals surface area contributed by atoms with Crippen molar-refractivity contribution < 1.29 is 4.79 Å². The highest BCUT2D eigenvalue weighted by Gasteiger charge is 2.11. The predicted molar refractivity (Wildman–Crippen MR) is 87.6 cm³/mol. The van der Waals surface area contributed by atoms with E-state index in [9.17, 15) is 4.79 Å². The zero-order chi connectivity index (χ0) is 14.7. The first-order valence-corrected chi connectivity index (χ1v) is 7.12. The maximum atomic E-state index is 12.3. The summed E-state index contributed by atoms with van der Waals surface area (Å²) in [6.45, 7) is 1.97. The number of anilines is 2. The number of nitrogens with one attached hydrogen (secondary N) is 1. The smallest absolute Gasteiger partial charge is 0.256 e. The summed E-state index contributed by atoms with van der Waals surface area (Å²) < 4.78 is 0.835. The Hall–Kier alpha value is -1.81. The quantitative estimate of drug-likeness (QED) is 0.918. The Balaban J connectivity index is 2.24. The van der Waals surface area contributed by atoms with Crippen LogP contribution in [0.1, 0.15) is 15.9 Å². The third-order valence-electron chi connectivity index (χ3n) is 3.06. The largest absolute Gasteiger partial charge is 0.378 e. The first-order valence-electron chi connectivity index (χ1n) is 6.33. The molecule has 0 aliphatic carbocycles. The molecule has 0 bridgehead atoms. The fourth-order valence-corrected chi connectivity index (χ4v) is 2.33. The third kappa shape index (κ3) is 3.20. The van der Waals surface area contributed by atoms with Crippen LogP contribution in [0, 0.1) is 6.92 Å². The molecule has 0 atom stereocenters. The third-order valence-corrected chi connectivity index (χ3v) is 4.11. The molecule has 2 aromatic carbocycles. The monoisotopic (exact) mass is 332 g/mol. The molecule has 0 aromatic heterocycles. The van der Waals surface area contributed by atoms with E-state index in [2.05, 4.69) is 21.2 Å². The molecule has 0 spiro atoms. The molecule has 20 heavy (non-hydrogen) atoms. The van der Waals surface area contributed by atoms with Gasteiger partial charge in [0.05, 0.1) is 5.56 Å². The molecule has 0 fully saturated rings. The molecule has 1 N–H and O–H groups in total. The summed E-state index contributed by atoms with van der Waals surface area (Å²) in [6, 6.07) is 13.4. The van der Waals surface area contributed by atoms with E-state index < -0.39 is 0 Å². The van der Waals surface area contributed by atoms with Gasteiger partial charge in [0.2, 0.25) is 0 Å². The Labute approximate surface area is 127 Å². The number of aryl methyl sites for hydroxylation is 1. The second kappa shape index (κ2) is 6.09. The van der Waals surface area contributed by atoms with E-state index in [0.717, 1.165) is 21.4 Å². The van der Waals surface area contributed by atoms with Gasteiger partial charge in [0.1, 0.15) is 0 Å². The molecule has 3 nitrogen and oxygen atoms in total. The molecule has 0 radical (unpaired) electrons. The minimum atomic E-state index is -0.114. The highest BCUT2D eigenvalue weighted by molar-refractivity contribution is 9.10. The molecule has 0 aliphatic heterocycles. The lowest BCUT2D eigenvalue weighted by atomic mass is 10.1. The Morgan fingerprint density at radius 2 is 1.85 bits per heavy atom. The van der Waals surface area contributed by atoms with Crippen LogP contribution in [0.2, 0.25) is 0 Å². The van der Waals surface area contributed by atoms with E-state index in [1.165, 1.54) is 0 Å². The van der Waals surface area contributed by atoms with Crippen LogP contribution in [0.4, 0.5) is 11.4 Å². The number of carbonyl (C=O) groups is 1. The molecule has 0 heterocycles. The van der Waals surface area contributed by atoms with Crippen LogP contribution < -0.4 is 10.2 Å². The van der Waals surface area contributed by atoms with Crippen molar-refractivity contribution in [2.75, 3.05) is 24.3 Å². The molecular weight excluding hydrogens is 316 g/mol. The minimum Gasteiger partial charge on any atom is -0.378 e. The van der Waals surface area contributed by atoms with Gasteiger partial charge < -0.3 is 10.2 Å². The second-order valence-corrected chi connectivity index (χ2v) is 5.63. The fraction of sp³-hybridized carbons (Fsp3) is 0.188. The van der Waals surface area contributed by atoms with Gasteiger partial charge in [0, 0.05) is 29.9 Å². The SMILES string of the molecule is Cc1cccc(C(=O)Nc2cccc(N(C)C)c2)c1Br. The molecule has 0 unspecified atom stereocenters. The number of halogens is 1. The average Bonchev–Trinajstić information content (AvgIpc) is 2.42. The lowest BCUT2D eigenvalue weighted by molar-refractivity contribution is 0.102. The Bertz CT molecular complexity index is 638. The maximum absolute atomic E-state index is 12.3. The van der Waals surface area contributed by atoms with Gasteiger partial charge >= 0.3 is 0 Å². The van der Waals surface area contributed by atoms with E-state index in [0.29, 0.717) is 5.56 Å². The molecule has 4 heteroatoms. The summed E-state index contributed by atoms with van der Waals surface area (Å²) in [6.07, 6.45) is 0. The summed E-state index contributed by atoms with van der Waals surface area (Å²) in [4.78, 5) is 14.3. The second-order valence-electron chi connectivity index (χ2n) is 4.84. The van der Waals surface area contributed by atoms with Crippen molar-refractivity contribution in [2.24, 2.45) is 0 Å². The van der Waals surface area contributed by atoms with Crippen LogP contribution in [0.15, 0.2) is 46.9 Å². The van der Waals surface area contributed by atoms with Gasteiger partial charge in [-0.1, -0.05) is 18.2 Å². The highest BCUT2D eigenvalue weighted by Crippen LogP contribution is 2.23. The van der Waals surface area contributed by atoms with Crippen molar-refractivity contribution in [3.8, 4) is 0 Å². The average molecular weight is 333 g/mol. The van der Waals surface area contributed by atoms with Crippen LogP contribution in [0.3, 0.4) is 0 Å². The summed E-state index contributed by atoms with van der Waals surface area (Å²) >= 11 is 3.46. The van der Waals surface area contributed by atoms with Gasteiger partial charge in [-0.2, -0.15) is 0 Å². The number of hydrogen-bond donors (Lipinski definition) is 1. The van der Waals surface area contributed by atoms with Gasteiger partial charge in [-0.25, -0.2) is 0 Å². The molecule has 0 saturated carbocycles. The van der Waals surface area contributed by atoms with Gasteiger partial charge in [-0.3, -0.25) is 4.79 Å². The van der Waals surface area contributed by atoms with Gasteiger partial charge in [0.25, 0.3) is 5.91 Å². The van der Waals surface area contributed by atoms with Crippen molar-refractivity contribution in [2.45, 2.75) is 6.92 Å². The first-order chi connectivity index (χ1) is 9.49. The number of rotatable bonds is 3. The summed E-state index contributed by atoms with van der Waals surface area (Å²) in [5.74, 6) is -0.114. The number of amides is 1.